The van der Waals surface area contributed by atoms with Gasteiger partial charge in [-0.25, -0.2) is 9.97 Å². The largest absolute Gasteiger partial charge is 0.456 e. The molecule has 8 nitrogen and oxygen atoms in total. The Labute approximate surface area is 444 Å². The molecular weight excluding hydrogens is 957 g/mol. The van der Waals surface area contributed by atoms with Crippen molar-refractivity contribution < 1.29 is 8.83 Å². The minimum Gasteiger partial charge on any atom is -0.456 e. The van der Waals surface area contributed by atoms with Crippen molar-refractivity contribution in [1.82, 2.24) is 28.2 Å². The van der Waals surface area contributed by atoms with Crippen molar-refractivity contribution in [3.63, 3.8) is 0 Å². The number of hydrogen-bond donors (Lipinski definition) is 0. The molecule has 8 aromatic heterocycles. The summed E-state index contributed by atoms with van der Waals surface area (Å²) in [4.78, 5) is 9.97. The number of fused-ring (bicyclic) bond motifs is 20. The molecule has 78 heavy (non-hydrogen) atoms. The average Bonchev–Trinajstić information content (AvgIpc) is 4.51. The van der Waals surface area contributed by atoms with Gasteiger partial charge in [-0.15, -0.1) is 0 Å². The molecule has 8 heterocycles. The summed E-state index contributed by atoms with van der Waals surface area (Å²) in [6.07, 6.45) is 3.91. The van der Waals surface area contributed by atoms with Gasteiger partial charge in [0.15, 0.2) is 0 Å². The van der Waals surface area contributed by atoms with E-state index in [1.807, 2.05) is 42.7 Å². The highest BCUT2D eigenvalue weighted by Crippen LogP contribution is 2.44. The molecule has 0 aliphatic rings. The van der Waals surface area contributed by atoms with Crippen LogP contribution in [0.15, 0.2) is 264 Å². The number of nitrogens with zero attached hydrogens (tertiary/aromatic N) is 6. The maximum absolute atomic E-state index is 6.27. The van der Waals surface area contributed by atoms with Gasteiger partial charge >= 0.3 is 0 Å². The van der Waals surface area contributed by atoms with Gasteiger partial charge in [0.1, 0.15) is 33.6 Å². The van der Waals surface area contributed by atoms with Crippen molar-refractivity contribution in [3.05, 3.63) is 255 Å². The van der Waals surface area contributed by atoms with Crippen LogP contribution in [0, 0.1) is 0 Å². The number of furan rings is 2. The highest BCUT2D eigenvalue weighted by molar-refractivity contribution is 6.30. The molecule has 0 aliphatic carbocycles. The third-order valence-electron chi connectivity index (χ3n) is 15.9. The first-order valence-electron chi connectivity index (χ1n) is 26.3. The summed E-state index contributed by atoms with van der Waals surface area (Å²) in [6.45, 7) is 0. The molecule has 0 unspecified atom stereocenters. The zero-order valence-electron chi connectivity index (χ0n) is 41.7. The van der Waals surface area contributed by atoms with Crippen molar-refractivity contribution in [2.24, 2.45) is 0 Å². The molecule has 364 valence electrons. The van der Waals surface area contributed by atoms with Gasteiger partial charge in [0.05, 0.1) is 39.3 Å². The van der Waals surface area contributed by atoms with Crippen LogP contribution in [0.1, 0.15) is 0 Å². The fourth-order valence-electron chi connectivity index (χ4n) is 12.7. The smallest absolute Gasteiger partial charge is 0.146 e. The summed E-state index contributed by atoms with van der Waals surface area (Å²) in [5, 5.41) is 14.2. The topological polar surface area (TPSA) is 71.8 Å². The van der Waals surface area contributed by atoms with Crippen LogP contribution in [0.2, 0.25) is 0 Å². The van der Waals surface area contributed by atoms with Crippen LogP contribution in [0.4, 0.5) is 0 Å². The first-order chi connectivity index (χ1) is 38.7. The lowest BCUT2D eigenvalue weighted by Gasteiger charge is -2.09. The number of aromatic nitrogens is 6. The van der Waals surface area contributed by atoms with E-state index >= 15 is 0 Å². The third-order valence-corrected chi connectivity index (χ3v) is 15.9. The number of para-hydroxylation sites is 7. The maximum atomic E-state index is 6.27. The predicted molar refractivity (Wildman–Crippen MR) is 320 cm³/mol. The first-order valence-corrected chi connectivity index (χ1v) is 26.3. The Kier molecular flexibility index (Phi) is 8.96. The lowest BCUT2D eigenvalue weighted by molar-refractivity contribution is 0.668. The van der Waals surface area contributed by atoms with E-state index in [0.29, 0.717) is 0 Å². The minimum absolute atomic E-state index is 0.884. The molecular formula is C70H42N6O2. The van der Waals surface area contributed by atoms with Crippen molar-refractivity contribution in [1.29, 1.82) is 0 Å². The molecule has 0 N–H and O–H groups in total. The monoisotopic (exact) mass is 998 g/mol. The quantitative estimate of drug-likeness (QED) is 0.176. The van der Waals surface area contributed by atoms with Crippen LogP contribution in [-0.2, 0) is 0 Å². The van der Waals surface area contributed by atoms with Gasteiger partial charge in [-0.1, -0.05) is 127 Å². The second kappa shape index (κ2) is 16.4. The number of pyridine rings is 2. The van der Waals surface area contributed by atoms with Gasteiger partial charge < -0.3 is 18.0 Å². The third kappa shape index (κ3) is 6.05. The van der Waals surface area contributed by atoms with Gasteiger partial charge in [0.25, 0.3) is 0 Å². The Bertz CT molecular complexity index is 5120. The van der Waals surface area contributed by atoms with Crippen molar-refractivity contribution in [2.45, 2.75) is 0 Å². The Morgan fingerprint density at radius 1 is 0.244 bits per heavy atom. The molecule has 0 amide bonds. The number of benzene rings is 10. The minimum atomic E-state index is 0.884. The molecule has 0 bridgehead atoms. The molecule has 10 aromatic carbocycles. The van der Waals surface area contributed by atoms with E-state index in [1.165, 1.54) is 43.2 Å². The van der Waals surface area contributed by atoms with E-state index in [4.69, 9.17) is 18.8 Å². The second-order valence-corrected chi connectivity index (χ2v) is 20.1. The van der Waals surface area contributed by atoms with Crippen LogP contribution in [0.5, 0.6) is 0 Å². The molecule has 8 heteroatoms. The summed E-state index contributed by atoms with van der Waals surface area (Å²) in [6, 6.07) is 85.1. The Morgan fingerprint density at radius 2 is 0.654 bits per heavy atom. The standard InChI is InChI=1S/2C35H21N3O/c1-2-10-22(11-3-1)38-29-16-8-5-14-27(29)34-33-26-13-4-7-15-28(26)37(30(33)21-36-35(34)38)23-18-19-25-24-12-6-9-17-31(24)39-32(25)20-23;1-2-9-22(10-3-1)38-30-19-18-29-33(34(30)27-13-8-20-36-35(27)38)26-12-4-6-14-28(26)37(29)23-16-17-25-24-11-5-7-15-31(24)39-32(25)21-23/h2*1-21H. The van der Waals surface area contributed by atoms with E-state index < -0.39 is 0 Å². The van der Waals surface area contributed by atoms with E-state index in [1.54, 1.807) is 0 Å². The fraction of sp³-hybridized carbons (Fsp3) is 0. The zero-order chi connectivity index (χ0) is 51.0. The predicted octanol–water partition coefficient (Wildman–Crippen LogP) is 18.4. The molecule has 18 aromatic rings. The maximum Gasteiger partial charge on any atom is 0.146 e. The molecule has 0 radical (unpaired) electrons. The van der Waals surface area contributed by atoms with Crippen LogP contribution < -0.4 is 0 Å². The van der Waals surface area contributed by atoms with E-state index in [2.05, 4.69) is 231 Å². The highest BCUT2D eigenvalue weighted by atomic mass is 16.3. The summed E-state index contributed by atoms with van der Waals surface area (Å²) in [5.74, 6) is 0. The average molecular weight is 999 g/mol. The SMILES string of the molecule is c1ccc(-n2c3ccc4c(c5ccccc5n4-c4ccc5c(c4)oc4ccccc45)c3c3cccnc32)cc1.c1ccc(-n2c3ccccc3c3c4c5ccccc5n(-c5ccc6c(c5)oc5ccccc56)c4cnc32)cc1. The summed E-state index contributed by atoms with van der Waals surface area (Å²) >= 11 is 0. The Morgan fingerprint density at radius 3 is 1.23 bits per heavy atom. The highest BCUT2D eigenvalue weighted by Gasteiger charge is 2.24. The summed E-state index contributed by atoms with van der Waals surface area (Å²) < 4.78 is 21.8. The molecule has 0 saturated carbocycles. The van der Waals surface area contributed by atoms with Crippen molar-refractivity contribution >= 4 is 131 Å². The fourth-order valence-corrected chi connectivity index (χ4v) is 12.7. The summed E-state index contributed by atoms with van der Waals surface area (Å²) in [5.41, 5.74) is 16.7. The van der Waals surface area contributed by atoms with E-state index in [0.717, 1.165) is 111 Å². The number of rotatable bonds is 4. The second-order valence-electron chi connectivity index (χ2n) is 20.1. The lowest BCUT2D eigenvalue weighted by atomic mass is 10.1. The molecule has 0 aliphatic heterocycles. The van der Waals surface area contributed by atoms with E-state index in [9.17, 15) is 0 Å². The molecule has 0 saturated heterocycles. The zero-order valence-corrected chi connectivity index (χ0v) is 41.7. The number of hydrogen-bond acceptors (Lipinski definition) is 4. The van der Waals surface area contributed by atoms with Crippen LogP contribution in [0.3, 0.4) is 0 Å². The van der Waals surface area contributed by atoms with Gasteiger partial charge in [-0.05, 0) is 103 Å². The summed E-state index contributed by atoms with van der Waals surface area (Å²) in [7, 11) is 0. The first kappa shape index (κ1) is 42.6. The van der Waals surface area contributed by atoms with Crippen LogP contribution in [-0.4, -0.2) is 28.2 Å². The van der Waals surface area contributed by atoms with Gasteiger partial charge in [-0.2, -0.15) is 0 Å². The Hall–Kier alpha value is -10.7. The Balaban J connectivity index is 0.000000126. The van der Waals surface area contributed by atoms with Crippen LogP contribution >= 0.6 is 0 Å². The molecule has 0 spiro atoms. The van der Waals surface area contributed by atoms with Crippen LogP contribution in [0.25, 0.3) is 154 Å². The molecule has 18 rings (SSSR count). The molecule has 0 fully saturated rings. The normalized spacial score (nSPS) is 12.1. The lowest BCUT2D eigenvalue weighted by Crippen LogP contribution is -1.96. The van der Waals surface area contributed by atoms with Crippen molar-refractivity contribution in [3.8, 4) is 22.7 Å². The van der Waals surface area contributed by atoms with Crippen molar-refractivity contribution in [2.75, 3.05) is 0 Å². The van der Waals surface area contributed by atoms with E-state index in [-0.39, 0.29) is 0 Å². The van der Waals surface area contributed by atoms with Gasteiger partial charge in [0.2, 0.25) is 0 Å². The molecule has 0 atom stereocenters. The van der Waals surface area contributed by atoms with Gasteiger partial charge in [-0.3, -0.25) is 9.13 Å². The van der Waals surface area contributed by atoms with Gasteiger partial charge in [0, 0.05) is 106 Å².